The van der Waals surface area contributed by atoms with E-state index in [4.69, 9.17) is 20.8 Å². The van der Waals surface area contributed by atoms with Crippen molar-refractivity contribution in [1.29, 1.82) is 0 Å². The fourth-order valence-electron chi connectivity index (χ4n) is 3.19. The molecule has 2 aliphatic heterocycles. The van der Waals surface area contributed by atoms with Crippen LogP contribution in [0.15, 0.2) is 41.0 Å². The Hall–Kier alpha value is -1.45. The molecule has 0 spiro atoms. The second kappa shape index (κ2) is 4.29. The van der Waals surface area contributed by atoms with Gasteiger partial charge < -0.3 is 14.5 Å². The van der Waals surface area contributed by atoms with Crippen LogP contribution in [-0.2, 0) is 4.74 Å². The number of fused-ring (bicyclic) bond motifs is 3. The Morgan fingerprint density at radius 3 is 3.05 bits per heavy atom. The maximum atomic E-state index is 6.10. The first kappa shape index (κ1) is 11.4. The van der Waals surface area contributed by atoms with E-state index < -0.39 is 0 Å². The molecule has 0 aliphatic carbocycles. The van der Waals surface area contributed by atoms with Gasteiger partial charge in [-0.05, 0) is 36.8 Å². The third-order valence-corrected chi connectivity index (χ3v) is 4.28. The fraction of sp³-hybridized carbons (Fsp3) is 0.333. The average molecular weight is 276 g/mol. The van der Waals surface area contributed by atoms with E-state index in [1.807, 2.05) is 30.3 Å². The molecule has 4 heteroatoms. The maximum absolute atomic E-state index is 6.10. The Balaban J connectivity index is 1.80. The molecule has 3 heterocycles. The molecule has 1 aromatic carbocycles. The van der Waals surface area contributed by atoms with E-state index in [-0.39, 0.29) is 12.1 Å². The Bertz CT molecular complexity index is 596. The standard InChI is InChI=1S/C15H14ClNO2/c16-9-3-4-12-11(8-9)15-10(5-7-19-15)14(17-12)13-2-1-6-18-13/h1-4,6,8,10,14-15,17H,5,7H2/t10-,14+,15+/m0/s1. The summed E-state index contributed by atoms with van der Waals surface area (Å²) in [5.41, 5.74) is 2.26. The van der Waals surface area contributed by atoms with Crippen LogP contribution < -0.4 is 5.32 Å². The van der Waals surface area contributed by atoms with Gasteiger partial charge in [-0.3, -0.25) is 0 Å². The molecule has 19 heavy (non-hydrogen) atoms. The van der Waals surface area contributed by atoms with Crippen LogP contribution in [0.25, 0.3) is 0 Å². The largest absolute Gasteiger partial charge is 0.467 e. The number of anilines is 1. The zero-order valence-electron chi connectivity index (χ0n) is 10.3. The molecule has 1 N–H and O–H groups in total. The van der Waals surface area contributed by atoms with E-state index in [2.05, 4.69) is 5.32 Å². The van der Waals surface area contributed by atoms with Crippen LogP contribution in [0.1, 0.15) is 29.9 Å². The molecule has 0 amide bonds. The lowest BCUT2D eigenvalue weighted by atomic mass is 9.83. The summed E-state index contributed by atoms with van der Waals surface area (Å²) in [6.45, 7) is 0.792. The van der Waals surface area contributed by atoms with Gasteiger partial charge in [-0.1, -0.05) is 11.6 Å². The second-order valence-electron chi connectivity index (χ2n) is 5.11. The van der Waals surface area contributed by atoms with Crippen molar-refractivity contribution >= 4 is 17.3 Å². The summed E-state index contributed by atoms with van der Waals surface area (Å²) in [7, 11) is 0. The summed E-state index contributed by atoms with van der Waals surface area (Å²) in [5.74, 6) is 1.37. The van der Waals surface area contributed by atoms with E-state index in [1.54, 1.807) is 6.26 Å². The number of ether oxygens (including phenoxy) is 1. The van der Waals surface area contributed by atoms with E-state index in [1.165, 1.54) is 0 Å². The average Bonchev–Trinajstić information content (AvgIpc) is 3.09. The van der Waals surface area contributed by atoms with Crippen molar-refractivity contribution in [1.82, 2.24) is 0 Å². The Kier molecular flexibility index (Phi) is 2.57. The normalized spacial score (nSPS) is 28.6. The summed E-state index contributed by atoms with van der Waals surface area (Å²) in [5, 5.41) is 4.32. The topological polar surface area (TPSA) is 34.4 Å². The molecule has 0 unspecified atom stereocenters. The third kappa shape index (κ3) is 1.77. The van der Waals surface area contributed by atoms with E-state index in [0.717, 1.165) is 35.1 Å². The van der Waals surface area contributed by atoms with Crippen molar-refractivity contribution in [2.45, 2.75) is 18.6 Å². The first-order valence-corrected chi connectivity index (χ1v) is 6.92. The Labute approximate surface area is 116 Å². The number of furan rings is 1. The first-order valence-electron chi connectivity index (χ1n) is 6.54. The lowest BCUT2D eigenvalue weighted by molar-refractivity contribution is 0.0808. The maximum Gasteiger partial charge on any atom is 0.126 e. The molecule has 1 fully saturated rings. The molecule has 3 nitrogen and oxygen atoms in total. The van der Waals surface area contributed by atoms with Gasteiger partial charge in [0, 0.05) is 28.8 Å². The highest BCUT2D eigenvalue weighted by molar-refractivity contribution is 6.30. The van der Waals surface area contributed by atoms with Gasteiger partial charge >= 0.3 is 0 Å². The van der Waals surface area contributed by atoms with E-state index in [0.29, 0.717) is 5.92 Å². The lowest BCUT2D eigenvalue weighted by Crippen LogP contribution is -2.28. The highest BCUT2D eigenvalue weighted by Crippen LogP contribution is 2.50. The predicted molar refractivity (Wildman–Crippen MR) is 73.3 cm³/mol. The quantitative estimate of drug-likeness (QED) is 0.848. The van der Waals surface area contributed by atoms with Crippen molar-refractivity contribution in [3.63, 3.8) is 0 Å². The summed E-state index contributed by atoms with van der Waals surface area (Å²) in [4.78, 5) is 0. The molecule has 1 aromatic heterocycles. The minimum atomic E-state index is 0.116. The molecule has 0 radical (unpaired) electrons. The molecule has 0 bridgehead atoms. The van der Waals surface area contributed by atoms with Gasteiger partial charge in [0.25, 0.3) is 0 Å². The smallest absolute Gasteiger partial charge is 0.126 e. The highest BCUT2D eigenvalue weighted by atomic mass is 35.5. The van der Waals surface area contributed by atoms with Crippen LogP contribution in [0, 0.1) is 5.92 Å². The minimum Gasteiger partial charge on any atom is -0.467 e. The summed E-state index contributed by atoms with van der Waals surface area (Å²) >= 11 is 6.10. The minimum absolute atomic E-state index is 0.116. The zero-order valence-corrected chi connectivity index (χ0v) is 11.1. The summed E-state index contributed by atoms with van der Waals surface area (Å²) < 4.78 is 11.5. The molecule has 2 aromatic rings. The van der Waals surface area contributed by atoms with Gasteiger partial charge in [0.15, 0.2) is 0 Å². The molecule has 1 saturated heterocycles. The predicted octanol–water partition coefficient (Wildman–Crippen LogP) is 4.18. The van der Waals surface area contributed by atoms with Crippen molar-refractivity contribution in [2.24, 2.45) is 5.92 Å². The molecule has 2 aliphatic rings. The third-order valence-electron chi connectivity index (χ3n) is 4.05. The Morgan fingerprint density at radius 1 is 1.26 bits per heavy atom. The number of halogens is 1. The van der Waals surface area contributed by atoms with Crippen molar-refractivity contribution in [2.75, 3.05) is 11.9 Å². The number of nitrogens with one attached hydrogen (secondary N) is 1. The van der Waals surface area contributed by atoms with Gasteiger partial charge in [-0.2, -0.15) is 0 Å². The monoisotopic (exact) mass is 275 g/mol. The van der Waals surface area contributed by atoms with Gasteiger partial charge in [0.05, 0.1) is 18.4 Å². The number of hydrogen-bond acceptors (Lipinski definition) is 3. The van der Waals surface area contributed by atoms with Gasteiger partial charge in [-0.15, -0.1) is 0 Å². The number of rotatable bonds is 1. The van der Waals surface area contributed by atoms with E-state index >= 15 is 0 Å². The van der Waals surface area contributed by atoms with Crippen molar-refractivity contribution < 1.29 is 9.15 Å². The molecular weight excluding hydrogens is 262 g/mol. The van der Waals surface area contributed by atoms with Crippen LogP contribution in [0.4, 0.5) is 5.69 Å². The van der Waals surface area contributed by atoms with Crippen molar-refractivity contribution in [3.8, 4) is 0 Å². The van der Waals surface area contributed by atoms with Crippen molar-refractivity contribution in [3.05, 3.63) is 52.9 Å². The van der Waals surface area contributed by atoms with E-state index in [9.17, 15) is 0 Å². The molecule has 98 valence electrons. The van der Waals surface area contributed by atoms with Crippen LogP contribution >= 0.6 is 11.6 Å². The van der Waals surface area contributed by atoms with Crippen LogP contribution in [0.5, 0.6) is 0 Å². The second-order valence-corrected chi connectivity index (χ2v) is 5.55. The molecule has 4 rings (SSSR count). The van der Waals surface area contributed by atoms with Crippen LogP contribution in [0.2, 0.25) is 5.02 Å². The van der Waals surface area contributed by atoms with Crippen LogP contribution in [0.3, 0.4) is 0 Å². The van der Waals surface area contributed by atoms with Gasteiger partial charge in [-0.25, -0.2) is 0 Å². The molecular formula is C15H14ClNO2. The molecule has 0 saturated carbocycles. The number of hydrogen-bond donors (Lipinski definition) is 1. The van der Waals surface area contributed by atoms with Gasteiger partial charge in [0.1, 0.15) is 5.76 Å². The van der Waals surface area contributed by atoms with Crippen LogP contribution in [-0.4, -0.2) is 6.61 Å². The number of benzene rings is 1. The first-order chi connectivity index (χ1) is 9.33. The fourth-order valence-corrected chi connectivity index (χ4v) is 3.37. The summed E-state index contributed by atoms with van der Waals surface area (Å²) in [6.07, 6.45) is 2.87. The summed E-state index contributed by atoms with van der Waals surface area (Å²) in [6, 6.07) is 10.1. The highest BCUT2D eigenvalue weighted by Gasteiger charge is 2.42. The zero-order chi connectivity index (χ0) is 12.8. The van der Waals surface area contributed by atoms with Gasteiger partial charge in [0.2, 0.25) is 0 Å². The molecule has 3 atom stereocenters. The lowest BCUT2D eigenvalue weighted by Gasteiger charge is -2.35. The SMILES string of the molecule is Clc1ccc2c(c1)[C@@H]1OCC[C@H]1[C@H](c1ccco1)N2. The Morgan fingerprint density at radius 2 is 2.21 bits per heavy atom.